The molecule has 3 heteroatoms. The Labute approximate surface area is 103 Å². The van der Waals surface area contributed by atoms with Gasteiger partial charge in [-0.3, -0.25) is 0 Å². The lowest BCUT2D eigenvalue weighted by atomic mass is 10.0. The Hall–Kier alpha value is -0.380. The number of hydrogen-bond donors (Lipinski definition) is 2. The Morgan fingerprint density at radius 2 is 2.12 bits per heavy atom. The molecule has 0 amide bonds. The second kappa shape index (κ2) is 7.05. The molecule has 0 aliphatic rings. The van der Waals surface area contributed by atoms with E-state index in [4.69, 9.17) is 5.11 Å². The van der Waals surface area contributed by atoms with Gasteiger partial charge in [0.1, 0.15) is 0 Å². The molecule has 2 unspecified atom stereocenters. The van der Waals surface area contributed by atoms with Gasteiger partial charge in [-0.15, -0.1) is 11.3 Å². The summed E-state index contributed by atoms with van der Waals surface area (Å²) in [5.74, 6) is 0.593. The van der Waals surface area contributed by atoms with Crippen LogP contribution in [0.3, 0.4) is 0 Å². The molecule has 0 radical (unpaired) electrons. The van der Waals surface area contributed by atoms with Crippen LogP contribution < -0.4 is 5.32 Å². The van der Waals surface area contributed by atoms with Crippen LogP contribution >= 0.6 is 11.3 Å². The van der Waals surface area contributed by atoms with E-state index in [9.17, 15) is 0 Å². The van der Waals surface area contributed by atoms with E-state index in [2.05, 4.69) is 43.6 Å². The highest BCUT2D eigenvalue weighted by Crippen LogP contribution is 2.26. The van der Waals surface area contributed by atoms with Crippen molar-refractivity contribution < 1.29 is 5.11 Å². The summed E-state index contributed by atoms with van der Waals surface area (Å²) in [5, 5.41) is 14.6. The minimum atomic E-state index is 0.289. The van der Waals surface area contributed by atoms with Crippen molar-refractivity contribution in [2.75, 3.05) is 6.61 Å². The molecular formula is C13H23NOS. The average molecular weight is 241 g/mol. The lowest BCUT2D eigenvalue weighted by Crippen LogP contribution is -2.33. The van der Waals surface area contributed by atoms with Gasteiger partial charge < -0.3 is 10.4 Å². The molecule has 0 bridgehead atoms. The van der Waals surface area contributed by atoms with Crippen molar-refractivity contribution in [3.05, 3.63) is 22.4 Å². The summed E-state index contributed by atoms with van der Waals surface area (Å²) < 4.78 is 0. The van der Waals surface area contributed by atoms with Crippen LogP contribution in [0, 0.1) is 5.92 Å². The first kappa shape index (κ1) is 13.7. The summed E-state index contributed by atoms with van der Waals surface area (Å²) in [6, 6.07) is 5.20. The molecule has 0 saturated heterocycles. The number of aliphatic hydroxyl groups excluding tert-OH is 1. The Bertz CT molecular complexity index is 271. The normalized spacial score (nSPS) is 15.3. The summed E-state index contributed by atoms with van der Waals surface area (Å²) in [4.78, 5) is 1.41. The molecule has 1 heterocycles. The van der Waals surface area contributed by atoms with Crippen molar-refractivity contribution in [3.63, 3.8) is 0 Å². The zero-order chi connectivity index (χ0) is 12.0. The number of thiophene rings is 1. The molecule has 16 heavy (non-hydrogen) atoms. The van der Waals surface area contributed by atoms with Gasteiger partial charge >= 0.3 is 0 Å². The zero-order valence-corrected chi connectivity index (χ0v) is 11.3. The van der Waals surface area contributed by atoms with Gasteiger partial charge in [-0.2, -0.15) is 0 Å². The zero-order valence-electron chi connectivity index (χ0n) is 10.4. The molecule has 2 N–H and O–H groups in total. The predicted molar refractivity (Wildman–Crippen MR) is 70.8 cm³/mol. The van der Waals surface area contributed by atoms with Crippen molar-refractivity contribution in [3.8, 4) is 0 Å². The van der Waals surface area contributed by atoms with Gasteiger partial charge in [-0.1, -0.05) is 19.9 Å². The number of hydrogen-bond acceptors (Lipinski definition) is 3. The molecule has 1 aromatic heterocycles. The fraction of sp³-hybridized carbons (Fsp3) is 0.692. The summed E-state index contributed by atoms with van der Waals surface area (Å²) in [6.45, 7) is 6.97. The molecule has 0 saturated carbocycles. The van der Waals surface area contributed by atoms with E-state index in [1.165, 1.54) is 4.88 Å². The van der Waals surface area contributed by atoms with Crippen LogP contribution in [-0.2, 0) is 0 Å². The second-order valence-electron chi connectivity index (χ2n) is 4.67. The third-order valence-electron chi connectivity index (χ3n) is 2.78. The van der Waals surface area contributed by atoms with Crippen molar-refractivity contribution in [2.45, 2.75) is 45.7 Å². The monoisotopic (exact) mass is 241 g/mol. The molecule has 0 aliphatic carbocycles. The Kier molecular flexibility index (Phi) is 6.03. The van der Waals surface area contributed by atoms with E-state index in [1.54, 1.807) is 0 Å². The average Bonchev–Trinajstić information content (AvgIpc) is 2.75. The van der Waals surface area contributed by atoms with Crippen molar-refractivity contribution >= 4 is 11.3 Å². The van der Waals surface area contributed by atoms with Gasteiger partial charge in [0, 0.05) is 23.6 Å². The van der Waals surface area contributed by atoms with E-state index >= 15 is 0 Å². The van der Waals surface area contributed by atoms with Crippen molar-refractivity contribution in [1.29, 1.82) is 0 Å². The standard InChI is InChI=1S/C13H23NOS/c1-10(2)13(12-7-5-9-16-12)14-11(3)6-4-8-15/h5,7,9-11,13-15H,4,6,8H2,1-3H3. The number of aliphatic hydroxyl groups is 1. The lowest BCUT2D eigenvalue weighted by Gasteiger charge is -2.25. The fourth-order valence-corrected chi connectivity index (χ4v) is 2.82. The van der Waals surface area contributed by atoms with Gasteiger partial charge in [-0.05, 0) is 37.1 Å². The summed E-state index contributed by atoms with van der Waals surface area (Å²) in [5.41, 5.74) is 0. The van der Waals surface area contributed by atoms with E-state index in [0.717, 1.165) is 12.8 Å². The second-order valence-corrected chi connectivity index (χ2v) is 5.65. The van der Waals surface area contributed by atoms with Crippen LogP contribution in [0.2, 0.25) is 0 Å². The molecule has 0 fully saturated rings. The molecule has 1 aromatic rings. The minimum Gasteiger partial charge on any atom is -0.396 e. The molecule has 0 spiro atoms. The first-order valence-corrected chi connectivity index (χ1v) is 6.93. The van der Waals surface area contributed by atoms with Crippen LogP contribution in [0.25, 0.3) is 0 Å². The van der Waals surface area contributed by atoms with Crippen LogP contribution in [0.4, 0.5) is 0 Å². The maximum absolute atomic E-state index is 8.82. The van der Waals surface area contributed by atoms with Gasteiger partial charge in [0.15, 0.2) is 0 Å². The Morgan fingerprint density at radius 1 is 1.38 bits per heavy atom. The van der Waals surface area contributed by atoms with Crippen molar-refractivity contribution in [1.82, 2.24) is 5.32 Å². The summed E-state index contributed by atoms with van der Waals surface area (Å²) >= 11 is 1.81. The third kappa shape index (κ3) is 4.24. The lowest BCUT2D eigenvalue weighted by molar-refractivity contribution is 0.269. The molecule has 0 aliphatic heterocycles. The highest BCUT2D eigenvalue weighted by atomic mass is 32.1. The Morgan fingerprint density at radius 3 is 2.62 bits per heavy atom. The fourth-order valence-electron chi connectivity index (χ4n) is 1.86. The summed E-state index contributed by atoms with van der Waals surface area (Å²) in [7, 11) is 0. The summed E-state index contributed by atoms with van der Waals surface area (Å²) in [6.07, 6.45) is 1.91. The SMILES string of the molecule is CC(CCCO)NC(c1cccs1)C(C)C. The molecule has 0 aromatic carbocycles. The van der Waals surface area contributed by atoms with Crippen LogP contribution in [0.15, 0.2) is 17.5 Å². The van der Waals surface area contributed by atoms with Crippen LogP contribution in [-0.4, -0.2) is 17.8 Å². The van der Waals surface area contributed by atoms with Gasteiger partial charge in [0.2, 0.25) is 0 Å². The number of rotatable bonds is 7. The highest BCUT2D eigenvalue weighted by molar-refractivity contribution is 7.10. The highest BCUT2D eigenvalue weighted by Gasteiger charge is 2.18. The first-order chi connectivity index (χ1) is 7.65. The van der Waals surface area contributed by atoms with E-state index in [0.29, 0.717) is 18.0 Å². The minimum absolute atomic E-state index is 0.289. The maximum Gasteiger partial charge on any atom is 0.0440 e. The molecule has 1 rings (SSSR count). The number of nitrogens with one attached hydrogen (secondary N) is 1. The van der Waals surface area contributed by atoms with Gasteiger partial charge in [-0.25, -0.2) is 0 Å². The van der Waals surface area contributed by atoms with Gasteiger partial charge in [0.25, 0.3) is 0 Å². The molecule has 2 atom stereocenters. The molecule has 92 valence electrons. The smallest absolute Gasteiger partial charge is 0.0440 e. The molecular weight excluding hydrogens is 218 g/mol. The van der Waals surface area contributed by atoms with E-state index in [-0.39, 0.29) is 6.61 Å². The molecule has 2 nitrogen and oxygen atoms in total. The van der Waals surface area contributed by atoms with Crippen LogP contribution in [0.1, 0.15) is 44.5 Å². The first-order valence-electron chi connectivity index (χ1n) is 6.05. The largest absolute Gasteiger partial charge is 0.396 e. The van der Waals surface area contributed by atoms with E-state index in [1.807, 2.05) is 11.3 Å². The quantitative estimate of drug-likeness (QED) is 0.768. The predicted octanol–water partition coefficient (Wildman–Crippen LogP) is 3.20. The topological polar surface area (TPSA) is 32.3 Å². The van der Waals surface area contributed by atoms with Gasteiger partial charge in [0.05, 0.1) is 0 Å². The third-order valence-corrected chi connectivity index (χ3v) is 3.73. The van der Waals surface area contributed by atoms with E-state index < -0.39 is 0 Å². The Balaban J connectivity index is 2.52. The maximum atomic E-state index is 8.82. The van der Waals surface area contributed by atoms with Crippen molar-refractivity contribution in [2.24, 2.45) is 5.92 Å². The van der Waals surface area contributed by atoms with Crippen LogP contribution in [0.5, 0.6) is 0 Å².